The summed E-state index contributed by atoms with van der Waals surface area (Å²) >= 11 is 0. The van der Waals surface area contributed by atoms with Crippen molar-refractivity contribution >= 4 is 22.8 Å². The number of carbonyl (C=O) groups excluding carboxylic acids is 1. The molecule has 0 spiro atoms. The van der Waals surface area contributed by atoms with Gasteiger partial charge in [0.2, 0.25) is 5.91 Å². The van der Waals surface area contributed by atoms with Crippen LogP contribution in [0.15, 0.2) is 73.6 Å². The minimum absolute atomic E-state index is 0.00308. The van der Waals surface area contributed by atoms with Gasteiger partial charge in [-0.25, -0.2) is 14.6 Å². The summed E-state index contributed by atoms with van der Waals surface area (Å²) in [4.78, 5) is 22.7. The van der Waals surface area contributed by atoms with Crippen LogP contribution in [0.3, 0.4) is 0 Å². The van der Waals surface area contributed by atoms with E-state index < -0.39 is 0 Å². The summed E-state index contributed by atoms with van der Waals surface area (Å²) in [5.74, 6) is 1.08. The van der Waals surface area contributed by atoms with Crippen LogP contribution in [-0.2, 0) is 11.4 Å². The molecule has 4 aromatic rings. The van der Waals surface area contributed by atoms with Crippen LogP contribution in [0.4, 0.5) is 5.82 Å². The number of benzene rings is 2. The van der Waals surface area contributed by atoms with E-state index in [9.17, 15) is 4.79 Å². The predicted octanol–water partition coefficient (Wildman–Crippen LogP) is 4.00. The Morgan fingerprint density at radius 2 is 1.94 bits per heavy atom. The molecule has 3 heterocycles. The van der Waals surface area contributed by atoms with Gasteiger partial charge in [0.1, 0.15) is 30.2 Å². The average Bonchev–Trinajstić information content (AvgIpc) is 3.29. The van der Waals surface area contributed by atoms with Gasteiger partial charge < -0.3 is 15.4 Å². The van der Waals surface area contributed by atoms with Crippen LogP contribution in [0.1, 0.15) is 24.4 Å². The van der Waals surface area contributed by atoms with Crippen molar-refractivity contribution in [3.8, 4) is 17.0 Å². The fraction of sp³-hybridized carbons (Fsp3) is 0.231. The quantitative estimate of drug-likeness (QED) is 0.442. The number of hydrogen-bond donors (Lipinski definition) is 1. The van der Waals surface area contributed by atoms with Gasteiger partial charge in [-0.3, -0.25) is 4.79 Å². The molecule has 1 aliphatic heterocycles. The normalized spacial score (nSPS) is 15.9. The second-order valence-corrected chi connectivity index (χ2v) is 8.33. The first-order valence-corrected chi connectivity index (χ1v) is 11.3. The molecule has 2 aromatic carbocycles. The Hall–Kier alpha value is -4.20. The molecule has 0 bridgehead atoms. The van der Waals surface area contributed by atoms with Crippen LogP contribution in [0.2, 0.25) is 0 Å². The maximum atomic E-state index is 12.2. The summed E-state index contributed by atoms with van der Waals surface area (Å²) in [5, 5.41) is 5.63. The Morgan fingerprint density at radius 3 is 2.71 bits per heavy atom. The van der Waals surface area contributed by atoms with Crippen molar-refractivity contribution in [3.63, 3.8) is 0 Å². The van der Waals surface area contributed by atoms with E-state index in [0.717, 1.165) is 42.0 Å². The van der Waals surface area contributed by atoms with Crippen molar-refractivity contribution in [2.24, 2.45) is 0 Å². The van der Waals surface area contributed by atoms with E-state index in [4.69, 9.17) is 15.6 Å². The van der Waals surface area contributed by atoms with Gasteiger partial charge in [-0.05, 0) is 48.7 Å². The summed E-state index contributed by atoms with van der Waals surface area (Å²) in [6.07, 6.45) is 4.59. The Balaban J connectivity index is 1.44. The third-order valence-electron chi connectivity index (χ3n) is 6.12. The van der Waals surface area contributed by atoms with Gasteiger partial charge in [-0.1, -0.05) is 36.9 Å². The third-order valence-corrected chi connectivity index (χ3v) is 6.12. The van der Waals surface area contributed by atoms with Crippen molar-refractivity contribution in [3.05, 3.63) is 79.1 Å². The van der Waals surface area contributed by atoms with E-state index in [1.54, 1.807) is 4.90 Å². The van der Waals surface area contributed by atoms with Gasteiger partial charge in [-0.15, -0.1) is 0 Å². The topological polar surface area (TPSA) is 99.2 Å². The number of carbonyl (C=O) groups is 1. The van der Waals surface area contributed by atoms with Crippen molar-refractivity contribution in [1.82, 2.24) is 24.6 Å². The number of rotatable bonds is 6. The Bertz CT molecular complexity index is 1320. The number of hydrogen-bond acceptors (Lipinski definition) is 6. The van der Waals surface area contributed by atoms with Crippen LogP contribution in [0.25, 0.3) is 22.3 Å². The highest BCUT2D eigenvalue weighted by Crippen LogP contribution is 2.34. The number of anilines is 1. The minimum atomic E-state index is -0.0679. The largest absolute Gasteiger partial charge is 0.489 e. The molecular formula is C26H26N6O2. The Kier molecular flexibility index (Phi) is 5.95. The van der Waals surface area contributed by atoms with E-state index >= 15 is 0 Å². The van der Waals surface area contributed by atoms with Crippen LogP contribution in [-0.4, -0.2) is 43.6 Å². The molecule has 0 radical (unpaired) electrons. The first-order chi connectivity index (χ1) is 16.6. The van der Waals surface area contributed by atoms with Crippen LogP contribution >= 0.6 is 0 Å². The predicted molar refractivity (Wildman–Crippen MR) is 131 cm³/mol. The number of piperidine rings is 1. The van der Waals surface area contributed by atoms with Crippen LogP contribution in [0.5, 0.6) is 5.75 Å². The molecule has 8 heteroatoms. The molecule has 172 valence electrons. The summed E-state index contributed by atoms with van der Waals surface area (Å²) in [7, 11) is 0. The molecule has 5 rings (SSSR count). The lowest BCUT2D eigenvalue weighted by atomic mass is 10.1. The van der Waals surface area contributed by atoms with Crippen molar-refractivity contribution in [2.75, 3.05) is 18.8 Å². The van der Waals surface area contributed by atoms with E-state index in [1.807, 2.05) is 59.3 Å². The number of fused-ring (bicyclic) bond motifs is 1. The second kappa shape index (κ2) is 9.35. The van der Waals surface area contributed by atoms with Crippen molar-refractivity contribution < 1.29 is 9.53 Å². The van der Waals surface area contributed by atoms with Crippen molar-refractivity contribution in [2.45, 2.75) is 25.5 Å². The van der Waals surface area contributed by atoms with Gasteiger partial charge >= 0.3 is 0 Å². The second-order valence-electron chi connectivity index (χ2n) is 8.33. The van der Waals surface area contributed by atoms with Gasteiger partial charge in [-0.2, -0.15) is 5.10 Å². The fourth-order valence-electron chi connectivity index (χ4n) is 4.39. The zero-order valence-corrected chi connectivity index (χ0v) is 18.8. The molecule has 1 fully saturated rings. The maximum Gasteiger partial charge on any atom is 0.246 e. The molecule has 2 aromatic heterocycles. The number of nitrogens with two attached hydrogens (primary N) is 1. The number of nitrogen functional groups attached to an aromatic ring is 1. The first-order valence-electron chi connectivity index (χ1n) is 11.3. The Labute approximate surface area is 197 Å². The van der Waals surface area contributed by atoms with E-state index in [2.05, 4.69) is 16.5 Å². The fourth-order valence-corrected chi connectivity index (χ4v) is 4.39. The number of ether oxygens (including phenoxy) is 1. The van der Waals surface area contributed by atoms with Crippen LogP contribution < -0.4 is 10.5 Å². The summed E-state index contributed by atoms with van der Waals surface area (Å²) in [6.45, 7) is 5.39. The highest BCUT2D eigenvalue weighted by molar-refractivity contribution is 5.98. The standard InChI is InChI=1S/C26H26N6O2/c1-2-22(33)31-14-6-9-20(15-31)32-26-23(25(27)28-17-29-26)24(30-32)19-10-12-21(13-11-19)34-16-18-7-4-3-5-8-18/h2-5,7-8,10-13,17,20H,1,6,9,14-16H2,(H2,27,28,29)/t20-/m1/s1. The maximum absolute atomic E-state index is 12.2. The minimum Gasteiger partial charge on any atom is -0.489 e. The zero-order chi connectivity index (χ0) is 23.5. The smallest absolute Gasteiger partial charge is 0.246 e. The highest BCUT2D eigenvalue weighted by Gasteiger charge is 2.28. The van der Waals surface area contributed by atoms with Crippen molar-refractivity contribution in [1.29, 1.82) is 0 Å². The van der Waals surface area contributed by atoms with Gasteiger partial charge in [0.05, 0.1) is 11.4 Å². The summed E-state index contributed by atoms with van der Waals surface area (Å²) in [5.41, 5.74) is 9.66. The average molecular weight is 455 g/mol. The molecule has 34 heavy (non-hydrogen) atoms. The monoisotopic (exact) mass is 454 g/mol. The van der Waals surface area contributed by atoms with Crippen LogP contribution in [0, 0.1) is 0 Å². The summed E-state index contributed by atoms with van der Waals surface area (Å²) in [6, 6.07) is 17.8. The number of amides is 1. The third kappa shape index (κ3) is 4.22. The molecular weight excluding hydrogens is 428 g/mol. The summed E-state index contributed by atoms with van der Waals surface area (Å²) < 4.78 is 7.81. The zero-order valence-electron chi connectivity index (χ0n) is 18.8. The molecule has 1 aliphatic rings. The molecule has 2 N–H and O–H groups in total. The Morgan fingerprint density at radius 1 is 1.15 bits per heavy atom. The van der Waals surface area contributed by atoms with E-state index in [-0.39, 0.29) is 11.9 Å². The molecule has 0 saturated carbocycles. The lowest BCUT2D eigenvalue weighted by molar-refractivity contribution is -0.127. The lowest BCUT2D eigenvalue weighted by Gasteiger charge is -2.32. The highest BCUT2D eigenvalue weighted by atomic mass is 16.5. The molecule has 0 unspecified atom stereocenters. The molecule has 1 amide bonds. The molecule has 0 aliphatic carbocycles. The van der Waals surface area contributed by atoms with E-state index in [0.29, 0.717) is 30.0 Å². The lowest BCUT2D eigenvalue weighted by Crippen LogP contribution is -2.40. The molecule has 1 atom stereocenters. The molecule has 1 saturated heterocycles. The number of aromatic nitrogens is 4. The number of likely N-dealkylation sites (tertiary alicyclic amines) is 1. The first kappa shape index (κ1) is 21.6. The molecule has 8 nitrogen and oxygen atoms in total. The SMILES string of the molecule is C=CC(=O)N1CCC[C@@H](n2nc(-c3ccc(OCc4ccccc4)cc3)c3c(N)ncnc32)C1. The van der Waals surface area contributed by atoms with Gasteiger partial charge in [0, 0.05) is 18.7 Å². The van der Waals surface area contributed by atoms with E-state index in [1.165, 1.54) is 12.4 Å². The van der Waals surface area contributed by atoms with Gasteiger partial charge in [0.25, 0.3) is 0 Å². The number of nitrogens with zero attached hydrogens (tertiary/aromatic N) is 5. The van der Waals surface area contributed by atoms with Gasteiger partial charge in [0.15, 0.2) is 5.65 Å².